The number of anilines is 1. The van der Waals surface area contributed by atoms with E-state index in [4.69, 9.17) is 11.6 Å². The Hall–Kier alpha value is -2.41. The molecule has 1 saturated heterocycles. The van der Waals surface area contributed by atoms with Crippen LogP contribution in [0.3, 0.4) is 0 Å². The van der Waals surface area contributed by atoms with Crippen LogP contribution in [0.15, 0.2) is 24.3 Å². The summed E-state index contributed by atoms with van der Waals surface area (Å²) in [7, 11) is 0. The Bertz CT molecular complexity index is 704. The van der Waals surface area contributed by atoms with Gasteiger partial charge >= 0.3 is 23.0 Å². The Balaban J connectivity index is 2.29. The van der Waals surface area contributed by atoms with Crippen LogP contribution in [-0.2, 0) is 19.1 Å². The van der Waals surface area contributed by atoms with E-state index in [1.165, 1.54) is 11.0 Å². The van der Waals surface area contributed by atoms with Gasteiger partial charge in [-0.2, -0.15) is 0 Å². The molecule has 1 fully saturated rings. The topological polar surface area (TPSA) is 84.0 Å². The lowest BCUT2D eigenvalue weighted by molar-refractivity contribution is -0.154. The summed E-state index contributed by atoms with van der Waals surface area (Å²) in [5, 5.41) is -2.46. The van der Waals surface area contributed by atoms with Crippen LogP contribution in [0.1, 0.15) is 17.3 Å². The second kappa shape index (κ2) is 4.29. The van der Waals surface area contributed by atoms with E-state index in [1.807, 2.05) is 0 Å². The van der Waals surface area contributed by atoms with Gasteiger partial charge in [-0.15, -0.1) is 0 Å². The van der Waals surface area contributed by atoms with E-state index in [-0.39, 0.29) is 12.1 Å². The number of ether oxygens (including phenoxy) is 1. The molecular formula is C13H9ClN2O5. The van der Waals surface area contributed by atoms with Crippen LogP contribution in [0.4, 0.5) is 5.69 Å². The number of nitrogens with zero attached hydrogens (tertiary/aromatic N) is 2. The average Bonchev–Trinajstić information content (AvgIpc) is 2.67. The van der Waals surface area contributed by atoms with Crippen LogP contribution in [0.25, 0.3) is 0 Å². The molecule has 3 amide bonds. The van der Waals surface area contributed by atoms with Gasteiger partial charge in [0, 0.05) is 6.54 Å². The number of rotatable bonds is 1. The zero-order chi connectivity index (χ0) is 15.4. The molecule has 3 rings (SSSR count). The van der Waals surface area contributed by atoms with Crippen LogP contribution < -0.4 is 4.90 Å². The number of esters is 1. The minimum atomic E-state index is -2.46. The molecule has 0 radical (unpaired) electrons. The quantitative estimate of drug-likeness (QED) is 0.248. The number of benzene rings is 1. The maximum Gasteiger partial charge on any atom is 0.401 e. The highest BCUT2D eigenvalue weighted by molar-refractivity contribution is 6.49. The van der Waals surface area contributed by atoms with Gasteiger partial charge in [-0.3, -0.25) is 14.4 Å². The maximum absolute atomic E-state index is 12.5. The number of para-hydroxylation sites is 1. The van der Waals surface area contributed by atoms with Crippen molar-refractivity contribution in [1.82, 2.24) is 4.90 Å². The molecule has 2 aliphatic rings. The number of carbonyl (C=O) groups is 4. The summed E-state index contributed by atoms with van der Waals surface area (Å²) in [4.78, 5) is 49.9. The molecule has 2 aliphatic heterocycles. The molecule has 1 aromatic carbocycles. The SMILES string of the molecule is CCN1C(=O)C2(Cl)OC(=O)C(=O)N2C(=O)c2ccccc21. The van der Waals surface area contributed by atoms with Gasteiger partial charge in [-0.05, 0) is 30.7 Å². The molecular weight excluding hydrogens is 300 g/mol. The molecule has 0 aliphatic carbocycles. The molecule has 0 saturated carbocycles. The van der Waals surface area contributed by atoms with Gasteiger partial charge in [0.2, 0.25) is 0 Å². The van der Waals surface area contributed by atoms with Crippen LogP contribution in [0, 0.1) is 0 Å². The zero-order valence-corrected chi connectivity index (χ0v) is 11.6. The lowest BCUT2D eigenvalue weighted by atomic mass is 10.1. The minimum absolute atomic E-state index is 0.0990. The number of imide groups is 1. The first-order valence-corrected chi connectivity index (χ1v) is 6.51. The highest BCUT2D eigenvalue weighted by Gasteiger charge is 2.63. The lowest BCUT2D eigenvalue weighted by Crippen LogP contribution is -2.54. The summed E-state index contributed by atoms with van der Waals surface area (Å²) in [5.41, 5.74) is 0.412. The molecule has 0 N–H and O–H groups in total. The van der Waals surface area contributed by atoms with Crippen LogP contribution >= 0.6 is 11.6 Å². The lowest BCUT2D eigenvalue weighted by Gasteiger charge is -2.27. The smallest absolute Gasteiger partial charge is 0.401 e. The third-order valence-corrected chi connectivity index (χ3v) is 3.75. The largest absolute Gasteiger partial charge is 0.407 e. The van der Waals surface area contributed by atoms with Crippen molar-refractivity contribution in [2.75, 3.05) is 11.4 Å². The Morgan fingerprint density at radius 2 is 1.81 bits per heavy atom. The van der Waals surface area contributed by atoms with Gasteiger partial charge in [0.05, 0.1) is 11.3 Å². The number of likely N-dealkylation sites (N-methyl/N-ethyl adjacent to an activating group) is 1. The van der Waals surface area contributed by atoms with E-state index in [9.17, 15) is 19.2 Å². The monoisotopic (exact) mass is 308 g/mol. The molecule has 1 aromatic rings. The Morgan fingerprint density at radius 3 is 2.48 bits per heavy atom. The van der Waals surface area contributed by atoms with Crippen molar-refractivity contribution < 1.29 is 23.9 Å². The fraction of sp³-hybridized carbons (Fsp3) is 0.231. The number of hydrogen-bond donors (Lipinski definition) is 0. The summed E-state index contributed by atoms with van der Waals surface area (Å²) in [6, 6.07) is 6.24. The van der Waals surface area contributed by atoms with Crippen molar-refractivity contribution in [3.63, 3.8) is 0 Å². The highest BCUT2D eigenvalue weighted by Crippen LogP contribution is 2.39. The van der Waals surface area contributed by atoms with Gasteiger partial charge in [0.15, 0.2) is 0 Å². The van der Waals surface area contributed by atoms with Crippen LogP contribution in [0.2, 0.25) is 0 Å². The second-order valence-electron chi connectivity index (χ2n) is 4.46. The average molecular weight is 309 g/mol. The third kappa shape index (κ3) is 1.61. The van der Waals surface area contributed by atoms with Crippen LogP contribution in [0.5, 0.6) is 0 Å². The van der Waals surface area contributed by atoms with Crippen molar-refractivity contribution in [3.05, 3.63) is 29.8 Å². The molecule has 0 bridgehead atoms. The minimum Gasteiger partial charge on any atom is -0.407 e. The summed E-state index contributed by atoms with van der Waals surface area (Å²) in [6.07, 6.45) is 0. The molecule has 108 valence electrons. The third-order valence-electron chi connectivity index (χ3n) is 3.35. The Labute approximate surface area is 124 Å². The standard InChI is InChI=1S/C13H9ClN2O5/c1-2-15-8-6-4-3-5-7(8)9(17)16-10(18)11(19)21-13(16,14)12(15)20/h3-6H,2H2,1H3. The Morgan fingerprint density at radius 1 is 1.14 bits per heavy atom. The zero-order valence-electron chi connectivity index (χ0n) is 10.8. The van der Waals surface area contributed by atoms with Crippen molar-refractivity contribution in [1.29, 1.82) is 0 Å². The van der Waals surface area contributed by atoms with Crippen LogP contribution in [-0.4, -0.2) is 40.3 Å². The number of amides is 3. The summed E-state index contributed by atoms with van der Waals surface area (Å²) in [5.74, 6) is -4.29. The molecule has 0 spiro atoms. The van der Waals surface area contributed by atoms with Gasteiger partial charge in [-0.25, -0.2) is 9.69 Å². The van der Waals surface area contributed by atoms with Crippen molar-refractivity contribution in [2.45, 2.75) is 12.1 Å². The normalized spacial score (nSPS) is 24.7. The molecule has 8 heteroatoms. The summed E-state index contributed by atoms with van der Waals surface area (Å²) < 4.78 is 4.68. The molecule has 2 heterocycles. The van der Waals surface area contributed by atoms with Gasteiger partial charge < -0.3 is 9.64 Å². The first-order valence-electron chi connectivity index (χ1n) is 6.13. The van der Waals surface area contributed by atoms with Crippen molar-refractivity contribution >= 4 is 41.0 Å². The fourth-order valence-corrected chi connectivity index (χ4v) is 2.72. The van der Waals surface area contributed by atoms with Gasteiger partial charge in [0.1, 0.15) is 0 Å². The first kappa shape index (κ1) is 13.6. The number of halogens is 1. The number of hydrogen-bond acceptors (Lipinski definition) is 5. The second-order valence-corrected chi connectivity index (χ2v) is 4.98. The predicted octanol–water partition coefficient (Wildman–Crippen LogP) is 0.471. The number of fused-ring (bicyclic) bond motifs is 2. The molecule has 21 heavy (non-hydrogen) atoms. The van der Waals surface area contributed by atoms with E-state index < -0.39 is 28.9 Å². The fourth-order valence-electron chi connectivity index (χ4n) is 2.40. The first-order chi connectivity index (χ1) is 9.91. The predicted molar refractivity (Wildman–Crippen MR) is 70.3 cm³/mol. The summed E-state index contributed by atoms with van der Waals surface area (Å²) >= 11 is 6.03. The maximum atomic E-state index is 12.5. The van der Waals surface area contributed by atoms with Crippen molar-refractivity contribution in [2.24, 2.45) is 0 Å². The van der Waals surface area contributed by atoms with Gasteiger partial charge in [0.25, 0.3) is 5.91 Å². The van der Waals surface area contributed by atoms with Crippen molar-refractivity contribution in [3.8, 4) is 0 Å². The Kier molecular flexibility index (Phi) is 2.77. The highest BCUT2D eigenvalue weighted by atomic mass is 35.5. The van der Waals surface area contributed by atoms with E-state index >= 15 is 0 Å². The number of carbonyl (C=O) groups excluding carboxylic acids is 4. The van der Waals surface area contributed by atoms with E-state index in [1.54, 1.807) is 25.1 Å². The van der Waals surface area contributed by atoms with E-state index in [2.05, 4.69) is 4.74 Å². The molecule has 0 aromatic heterocycles. The van der Waals surface area contributed by atoms with E-state index in [0.29, 0.717) is 10.6 Å². The van der Waals surface area contributed by atoms with E-state index in [0.717, 1.165) is 0 Å². The molecule has 1 unspecified atom stereocenters. The summed E-state index contributed by atoms with van der Waals surface area (Å²) in [6.45, 7) is 1.87. The van der Waals surface area contributed by atoms with Gasteiger partial charge in [-0.1, -0.05) is 12.1 Å². The number of alkyl halides is 1. The molecule has 7 nitrogen and oxygen atoms in total. The molecule has 1 atom stereocenters.